The maximum absolute atomic E-state index is 14.1. The third-order valence-corrected chi connectivity index (χ3v) is 9.47. The van der Waals surface area contributed by atoms with Gasteiger partial charge in [0.1, 0.15) is 5.75 Å². The summed E-state index contributed by atoms with van der Waals surface area (Å²) in [7, 11) is -0.835. The highest BCUT2D eigenvalue weighted by molar-refractivity contribution is 7.89. The minimum atomic E-state index is -4.49. The molecule has 12 nitrogen and oxygen atoms in total. The Hall–Kier alpha value is -3.21. The van der Waals surface area contributed by atoms with Gasteiger partial charge in [0.2, 0.25) is 5.91 Å². The number of aromatic nitrogens is 2. The summed E-state index contributed by atoms with van der Waals surface area (Å²) in [5, 5.41) is 12.4. The van der Waals surface area contributed by atoms with Gasteiger partial charge in [0.25, 0.3) is 15.9 Å². The minimum absolute atomic E-state index is 0.0280. The number of benzene rings is 1. The van der Waals surface area contributed by atoms with Crippen LogP contribution in [0.15, 0.2) is 35.7 Å². The molecule has 1 aliphatic rings. The van der Waals surface area contributed by atoms with Crippen LogP contribution in [0.4, 0.5) is 18.9 Å². The first-order valence-electron chi connectivity index (χ1n) is 15.2. The number of anilines is 1. The lowest BCUT2D eigenvalue weighted by molar-refractivity contribution is -0.142. The summed E-state index contributed by atoms with van der Waals surface area (Å²) in [5.41, 5.74) is 0.168. The van der Waals surface area contributed by atoms with Crippen molar-refractivity contribution in [2.75, 3.05) is 38.7 Å². The van der Waals surface area contributed by atoms with E-state index in [9.17, 15) is 36.3 Å². The van der Waals surface area contributed by atoms with Crippen LogP contribution in [0.3, 0.4) is 0 Å². The van der Waals surface area contributed by atoms with Crippen LogP contribution < -0.4 is 10.1 Å². The number of nitrogens with one attached hydrogen (secondary N) is 1. The van der Waals surface area contributed by atoms with Gasteiger partial charge >= 0.3 is 6.18 Å². The molecule has 16 heteroatoms. The largest absolute Gasteiger partial charge is 0.490 e. The number of fused-ring (bicyclic) bond motifs is 1. The lowest BCUT2D eigenvalue weighted by Crippen LogP contribution is -2.48. The highest BCUT2D eigenvalue weighted by atomic mass is 32.2. The second-order valence-electron chi connectivity index (χ2n) is 11.8. The number of carbonyl (C=O) groups excluding carboxylic acids is 2. The van der Waals surface area contributed by atoms with Gasteiger partial charge in [0, 0.05) is 58.0 Å². The average Bonchev–Trinajstić information content (AvgIpc) is 3.44. The fourth-order valence-corrected chi connectivity index (χ4v) is 6.12. The van der Waals surface area contributed by atoms with Crippen molar-refractivity contribution in [2.24, 2.45) is 13.0 Å². The monoisotopic (exact) mass is 675 g/mol. The standard InChI is InChI=1S/C30H44F3N5O7S/c1-20-15-38(21(2)18-39)29(41)24-14-23(35-27(40)11-12-30(31,32)33)9-10-25(24)45-22(3)8-6-7-13-44-26(20)16-37(5)46(42,43)28-17-36(4)19-34-28/h9-10,14,17,19-22,26,39H,6-8,11-13,15-16,18H2,1-5H3,(H,35,40)/t20-,21-,22-,26+/m1/s1. The Morgan fingerprint density at radius 1 is 1.26 bits per heavy atom. The number of alkyl halides is 3. The molecule has 0 bridgehead atoms. The number of amides is 2. The highest BCUT2D eigenvalue weighted by Crippen LogP contribution is 2.29. The number of halogens is 3. The number of sulfonamides is 1. The first kappa shape index (κ1) is 37.2. The van der Waals surface area contributed by atoms with Gasteiger partial charge in [-0.25, -0.2) is 13.4 Å². The van der Waals surface area contributed by atoms with E-state index in [4.69, 9.17) is 9.47 Å². The van der Waals surface area contributed by atoms with Gasteiger partial charge in [-0.1, -0.05) is 6.92 Å². The lowest BCUT2D eigenvalue weighted by atomic mass is 10.0. The van der Waals surface area contributed by atoms with Crippen LogP contribution >= 0.6 is 0 Å². The molecule has 1 aliphatic heterocycles. The van der Waals surface area contributed by atoms with Crippen molar-refractivity contribution < 1.29 is 45.8 Å². The summed E-state index contributed by atoms with van der Waals surface area (Å²) in [4.78, 5) is 31.8. The van der Waals surface area contributed by atoms with Crippen molar-refractivity contribution in [3.05, 3.63) is 36.3 Å². The average molecular weight is 676 g/mol. The molecule has 258 valence electrons. The van der Waals surface area contributed by atoms with Gasteiger partial charge in [-0.2, -0.15) is 17.5 Å². The number of likely N-dealkylation sites (N-methyl/N-ethyl adjacent to an activating group) is 1. The number of aliphatic hydroxyl groups excluding tert-OH is 1. The summed E-state index contributed by atoms with van der Waals surface area (Å²) in [5.74, 6) is -1.61. The fraction of sp³-hybridized carbons (Fsp3) is 0.633. The van der Waals surface area contributed by atoms with E-state index < -0.39 is 65.5 Å². The zero-order valence-electron chi connectivity index (χ0n) is 26.8. The number of aryl methyl sites for hydroxylation is 1. The van der Waals surface area contributed by atoms with Crippen molar-refractivity contribution in [1.29, 1.82) is 0 Å². The summed E-state index contributed by atoms with van der Waals surface area (Å²) in [6.45, 7) is 5.28. The molecule has 4 atom stereocenters. The summed E-state index contributed by atoms with van der Waals surface area (Å²) >= 11 is 0. The Morgan fingerprint density at radius 2 is 1.98 bits per heavy atom. The first-order chi connectivity index (χ1) is 21.5. The van der Waals surface area contributed by atoms with Crippen LogP contribution in [0.2, 0.25) is 0 Å². The van der Waals surface area contributed by atoms with Crippen molar-refractivity contribution >= 4 is 27.5 Å². The molecular formula is C30H44F3N5O7S. The summed E-state index contributed by atoms with van der Waals surface area (Å²) in [6.07, 6.45) is -2.74. The molecule has 0 saturated heterocycles. The normalized spacial score (nSPS) is 21.3. The predicted octanol–water partition coefficient (Wildman–Crippen LogP) is 3.82. The van der Waals surface area contributed by atoms with Gasteiger partial charge in [0.05, 0.1) is 43.2 Å². The lowest BCUT2D eigenvalue weighted by Gasteiger charge is -2.35. The highest BCUT2D eigenvalue weighted by Gasteiger charge is 2.33. The number of carbonyl (C=O) groups is 2. The van der Waals surface area contributed by atoms with Crippen molar-refractivity contribution in [3.8, 4) is 5.75 Å². The molecule has 0 fully saturated rings. The van der Waals surface area contributed by atoms with Crippen LogP contribution in [0.25, 0.3) is 0 Å². The van der Waals surface area contributed by atoms with E-state index in [1.807, 2.05) is 13.8 Å². The van der Waals surface area contributed by atoms with Gasteiger partial charge in [0.15, 0.2) is 5.03 Å². The third-order valence-electron chi connectivity index (χ3n) is 7.76. The Labute approximate surface area is 267 Å². The maximum Gasteiger partial charge on any atom is 0.389 e. The second kappa shape index (κ2) is 16.1. The van der Waals surface area contributed by atoms with Crippen LogP contribution in [0.5, 0.6) is 5.75 Å². The van der Waals surface area contributed by atoms with Crippen molar-refractivity contribution in [1.82, 2.24) is 18.8 Å². The molecule has 1 aromatic carbocycles. The quantitative estimate of drug-likeness (QED) is 0.409. The number of ether oxygens (including phenoxy) is 2. The molecule has 0 unspecified atom stereocenters. The van der Waals surface area contributed by atoms with E-state index in [2.05, 4.69) is 10.3 Å². The molecule has 0 radical (unpaired) electrons. The van der Waals surface area contributed by atoms with E-state index >= 15 is 0 Å². The zero-order chi connectivity index (χ0) is 34.2. The molecule has 2 heterocycles. The topological polar surface area (TPSA) is 143 Å². The second-order valence-corrected chi connectivity index (χ2v) is 13.8. The summed E-state index contributed by atoms with van der Waals surface area (Å²) < 4.78 is 79.4. The molecule has 2 amide bonds. The maximum atomic E-state index is 14.1. The van der Waals surface area contributed by atoms with Crippen LogP contribution in [-0.2, 0) is 26.6 Å². The number of nitrogens with zero attached hydrogens (tertiary/aromatic N) is 4. The molecule has 0 saturated carbocycles. The van der Waals surface area contributed by atoms with Gasteiger partial charge < -0.3 is 29.4 Å². The molecule has 0 aliphatic carbocycles. The molecule has 1 aromatic heterocycles. The van der Waals surface area contributed by atoms with Crippen molar-refractivity contribution in [2.45, 2.75) is 82.3 Å². The fourth-order valence-electron chi connectivity index (χ4n) is 4.97. The van der Waals surface area contributed by atoms with E-state index in [1.54, 1.807) is 14.0 Å². The smallest absolute Gasteiger partial charge is 0.389 e. The van der Waals surface area contributed by atoms with E-state index in [0.29, 0.717) is 25.9 Å². The number of imidazole rings is 1. The first-order valence-corrected chi connectivity index (χ1v) is 16.6. The Bertz CT molecular complexity index is 1440. The number of hydrogen-bond donors (Lipinski definition) is 2. The molecular weight excluding hydrogens is 631 g/mol. The molecule has 3 rings (SSSR count). The van der Waals surface area contributed by atoms with E-state index in [1.165, 1.54) is 51.5 Å². The van der Waals surface area contributed by atoms with Gasteiger partial charge in [-0.15, -0.1) is 0 Å². The number of hydrogen-bond acceptors (Lipinski definition) is 8. The third kappa shape index (κ3) is 10.4. The molecule has 0 spiro atoms. The summed E-state index contributed by atoms with van der Waals surface area (Å²) in [6, 6.07) is 3.61. The van der Waals surface area contributed by atoms with Gasteiger partial charge in [-0.3, -0.25) is 9.59 Å². The zero-order valence-corrected chi connectivity index (χ0v) is 27.6. The number of aliphatic hydroxyl groups is 1. The van der Waals surface area contributed by atoms with Gasteiger partial charge in [-0.05, 0) is 51.3 Å². The van der Waals surface area contributed by atoms with Crippen molar-refractivity contribution in [3.63, 3.8) is 0 Å². The molecule has 2 N–H and O–H groups in total. The molecule has 46 heavy (non-hydrogen) atoms. The van der Waals surface area contributed by atoms with Crippen LogP contribution in [0.1, 0.15) is 63.2 Å². The van der Waals surface area contributed by atoms with E-state index in [0.717, 1.165) is 0 Å². The van der Waals surface area contributed by atoms with Crippen LogP contribution in [-0.4, -0.2) is 102 Å². The Kier molecular flexibility index (Phi) is 13.0. The Balaban J connectivity index is 1.94. The molecule has 2 aromatic rings. The minimum Gasteiger partial charge on any atom is -0.490 e. The van der Waals surface area contributed by atoms with E-state index in [-0.39, 0.29) is 41.2 Å². The number of rotatable bonds is 9. The Morgan fingerprint density at radius 3 is 2.61 bits per heavy atom. The predicted molar refractivity (Wildman–Crippen MR) is 164 cm³/mol. The SMILES string of the molecule is C[C@@H]1CCCCO[C@@H](CN(C)S(=O)(=O)c2cn(C)cn2)[C@H](C)CN([C@H](C)CO)C(=O)c2cc(NC(=O)CCC(F)(F)F)ccc2O1. The van der Waals surface area contributed by atoms with Crippen LogP contribution in [0, 0.1) is 5.92 Å².